The molecule has 1 aliphatic rings. The molecule has 0 unspecified atom stereocenters. The highest BCUT2D eigenvalue weighted by Gasteiger charge is 2.39. The number of H-pyrrole nitrogens is 1. The topological polar surface area (TPSA) is 112 Å². The van der Waals surface area contributed by atoms with E-state index in [9.17, 15) is 19.5 Å². The van der Waals surface area contributed by atoms with Crippen molar-refractivity contribution in [2.24, 2.45) is 0 Å². The van der Waals surface area contributed by atoms with E-state index in [2.05, 4.69) is 15.3 Å². The van der Waals surface area contributed by atoms with Crippen molar-refractivity contribution in [1.29, 1.82) is 0 Å². The zero-order chi connectivity index (χ0) is 19.3. The van der Waals surface area contributed by atoms with Crippen LogP contribution < -0.4 is 10.9 Å². The van der Waals surface area contributed by atoms with Gasteiger partial charge >= 0.3 is 5.97 Å². The standard InChI is InChI=1S/C20H25N3O4/c24-17(23-20(19(26)27)12-5-1-2-6-13-20)11-7-10-16-21-15-9-4-3-8-14(15)18(25)22-16/h3-4,8-9H,1-2,5-7,10-13H2,(H,23,24)(H,26,27)(H,21,22,25). The smallest absolute Gasteiger partial charge is 0.329 e. The number of carboxylic acids is 1. The van der Waals surface area contributed by atoms with E-state index in [-0.39, 0.29) is 17.9 Å². The summed E-state index contributed by atoms with van der Waals surface area (Å²) in [5.41, 5.74) is -0.698. The van der Waals surface area contributed by atoms with Gasteiger partial charge in [0.25, 0.3) is 5.56 Å². The van der Waals surface area contributed by atoms with Gasteiger partial charge in [0.05, 0.1) is 10.9 Å². The van der Waals surface area contributed by atoms with Crippen LogP contribution in [0, 0.1) is 0 Å². The van der Waals surface area contributed by atoms with Crippen molar-refractivity contribution in [3.05, 3.63) is 40.4 Å². The van der Waals surface area contributed by atoms with Crippen LogP contribution in [0.15, 0.2) is 29.1 Å². The fourth-order valence-electron chi connectivity index (χ4n) is 3.72. The van der Waals surface area contributed by atoms with Gasteiger partial charge in [0.2, 0.25) is 5.91 Å². The summed E-state index contributed by atoms with van der Waals surface area (Å²) in [6.07, 6.45) is 5.74. The number of benzene rings is 1. The van der Waals surface area contributed by atoms with Crippen molar-refractivity contribution in [2.75, 3.05) is 0 Å². The van der Waals surface area contributed by atoms with Crippen molar-refractivity contribution in [3.8, 4) is 0 Å². The molecule has 3 N–H and O–H groups in total. The molecule has 0 aliphatic heterocycles. The van der Waals surface area contributed by atoms with E-state index in [0.717, 1.165) is 25.7 Å². The molecule has 144 valence electrons. The number of aromatic nitrogens is 2. The van der Waals surface area contributed by atoms with Crippen LogP contribution in [0.3, 0.4) is 0 Å². The number of carbonyl (C=O) groups is 2. The summed E-state index contributed by atoms with van der Waals surface area (Å²) < 4.78 is 0. The van der Waals surface area contributed by atoms with Crippen LogP contribution in [0.1, 0.15) is 57.2 Å². The first-order valence-corrected chi connectivity index (χ1v) is 9.52. The molecule has 0 atom stereocenters. The number of aliphatic carboxylic acids is 1. The minimum absolute atomic E-state index is 0.191. The van der Waals surface area contributed by atoms with E-state index in [1.54, 1.807) is 18.2 Å². The van der Waals surface area contributed by atoms with Crippen LogP contribution in [0.4, 0.5) is 0 Å². The van der Waals surface area contributed by atoms with Crippen LogP contribution in [-0.2, 0) is 16.0 Å². The lowest BCUT2D eigenvalue weighted by atomic mass is 9.90. The number of aryl methyl sites for hydroxylation is 1. The number of carboxylic acid groups (broad SMARTS) is 1. The van der Waals surface area contributed by atoms with E-state index in [1.165, 1.54) is 0 Å². The fraction of sp³-hybridized carbons (Fsp3) is 0.500. The van der Waals surface area contributed by atoms with E-state index >= 15 is 0 Å². The third kappa shape index (κ3) is 4.53. The van der Waals surface area contributed by atoms with E-state index in [1.807, 2.05) is 6.07 Å². The Labute approximate surface area is 157 Å². The highest BCUT2D eigenvalue weighted by Crippen LogP contribution is 2.27. The summed E-state index contributed by atoms with van der Waals surface area (Å²) in [6, 6.07) is 7.11. The second kappa shape index (κ2) is 8.33. The highest BCUT2D eigenvalue weighted by molar-refractivity contribution is 5.87. The number of fused-ring (bicyclic) bond motifs is 1. The highest BCUT2D eigenvalue weighted by atomic mass is 16.4. The molecule has 7 heteroatoms. The number of para-hydroxylation sites is 1. The minimum atomic E-state index is -1.14. The molecule has 1 heterocycles. The average Bonchev–Trinajstić information content (AvgIpc) is 2.88. The zero-order valence-electron chi connectivity index (χ0n) is 15.3. The summed E-state index contributed by atoms with van der Waals surface area (Å²) in [5.74, 6) is -0.672. The first-order chi connectivity index (χ1) is 13.0. The molecule has 1 aliphatic carbocycles. The van der Waals surface area contributed by atoms with Crippen molar-refractivity contribution >= 4 is 22.8 Å². The fourth-order valence-corrected chi connectivity index (χ4v) is 3.72. The molecule has 2 aromatic rings. The Kier molecular flexibility index (Phi) is 5.88. The third-order valence-electron chi connectivity index (χ3n) is 5.22. The number of nitrogens with zero attached hydrogens (tertiary/aromatic N) is 1. The van der Waals surface area contributed by atoms with Crippen LogP contribution in [0.25, 0.3) is 10.9 Å². The van der Waals surface area contributed by atoms with E-state index < -0.39 is 11.5 Å². The molecule has 1 amide bonds. The van der Waals surface area contributed by atoms with Gasteiger partial charge in [-0.15, -0.1) is 0 Å². The first-order valence-electron chi connectivity index (χ1n) is 9.52. The van der Waals surface area contributed by atoms with Crippen LogP contribution in [0.2, 0.25) is 0 Å². The van der Waals surface area contributed by atoms with Gasteiger partial charge in [-0.1, -0.05) is 37.8 Å². The second-order valence-corrected chi connectivity index (χ2v) is 7.23. The summed E-state index contributed by atoms with van der Waals surface area (Å²) in [4.78, 5) is 43.3. The molecule has 0 bridgehead atoms. The van der Waals surface area contributed by atoms with Gasteiger partial charge in [-0.3, -0.25) is 9.59 Å². The Bertz CT molecular complexity index is 882. The minimum Gasteiger partial charge on any atom is -0.480 e. The Morgan fingerprint density at radius 2 is 1.85 bits per heavy atom. The number of hydrogen-bond donors (Lipinski definition) is 3. The summed E-state index contributed by atoms with van der Waals surface area (Å²) >= 11 is 0. The van der Waals surface area contributed by atoms with Crippen LogP contribution >= 0.6 is 0 Å². The average molecular weight is 371 g/mol. The lowest BCUT2D eigenvalue weighted by Gasteiger charge is -2.29. The Hall–Kier alpha value is -2.70. The zero-order valence-corrected chi connectivity index (χ0v) is 15.3. The van der Waals surface area contributed by atoms with Crippen molar-refractivity contribution in [2.45, 2.75) is 63.3 Å². The molecule has 0 saturated heterocycles. The maximum Gasteiger partial charge on any atom is 0.329 e. The van der Waals surface area contributed by atoms with Gasteiger partial charge < -0.3 is 15.4 Å². The molecular formula is C20H25N3O4. The number of amides is 1. The summed E-state index contributed by atoms with van der Waals surface area (Å²) in [7, 11) is 0. The van der Waals surface area contributed by atoms with Crippen molar-refractivity contribution < 1.29 is 14.7 Å². The number of rotatable bonds is 6. The largest absolute Gasteiger partial charge is 0.480 e. The lowest BCUT2D eigenvalue weighted by molar-refractivity contribution is -0.148. The van der Waals surface area contributed by atoms with Gasteiger partial charge in [-0.25, -0.2) is 9.78 Å². The molecule has 1 aromatic carbocycles. The molecule has 1 fully saturated rings. The van der Waals surface area contributed by atoms with Crippen LogP contribution in [-0.4, -0.2) is 32.5 Å². The number of hydrogen-bond acceptors (Lipinski definition) is 4. The van der Waals surface area contributed by atoms with E-state index in [0.29, 0.717) is 42.4 Å². The maximum atomic E-state index is 12.3. The molecule has 7 nitrogen and oxygen atoms in total. The number of nitrogens with one attached hydrogen (secondary N) is 2. The molecule has 1 aromatic heterocycles. The Balaban J connectivity index is 1.59. The molecule has 1 saturated carbocycles. The SMILES string of the molecule is O=C(CCCc1nc2ccccc2c(=O)[nH]1)NC1(C(=O)O)CCCCCC1. The van der Waals surface area contributed by atoms with Crippen molar-refractivity contribution in [3.63, 3.8) is 0 Å². The van der Waals surface area contributed by atoms with Gasteiger partial charge in [-0.05, 0) is 31.4 Å². The first kappa shape index (κ1) is 19.1. The van der Waals surface area contributed by atoms with E-state index in [4.69, 9.17) is 0 Å². The summed E-state index contributed by atoms with van der Waals surface area (Å²) in [6.45, 7) is 0. The molecule has 27 heavy (non-hydrogen) atoms. The monoisotopic (exact) mass is 371 g/mol. The summed E-state index contributed by atoms with van der Waals surface area (Å²) in [5, 5.41) is 12.9. The second-order valence-electron chi connectivity index (χ2n) is 7.23. The molecule has 0 spiro atoms. The Morgan fingerprint density at radius 3 is 2.56 bits per heavy atom. The number of carbonyl (C=O) groups excluding carboxylic acids is 1. The molecule has 0 radical (unpaired) electrons. The molecule has 3 rings (SSSR count). The third-order valence-corrected chi connectivity index (χ3v) is 5.22. The molecular weight excluding hydrogens is 346 g/mol. The van der Waals surface area contributed by atoms with Gasteiger partial charge in [0, 0.05) is 12.8 Å². The lowest BCUT2D eigenvalue weighted by Crippen LogP contribution is -2.54. The van der Waals surface area contributed by atoms with Gasteiger partial charge in [0.15, 0.2) is 0 Å². The predicted molar refractivity (Wildman–Crippen MR) is 102 cm³/mol. The Morgan fingerprint density at radius 1 is 1.15 bits per heavy atom. The van der Waals surface area contributed by atoms with Crippen molar-refractivity contribution in [1.82, 2.24) is 15.3 Å². The number of aromatic amines is 1. The quantitative estimate of drug-likeness (QED) is 0.676. The normalized spacial score (nSPS) is 16.6. The maximum absolute atomic E-state index is 12.3. The van der Waals surface area contributed by atoms with Gasteiger partial charge in [-0.2, -0.15) is 0 Å². The predicted octanol–water partition coefficient (Wildman–Crippen LogP) is 2.54. The van der Waals surface area contributed by atoms with Crippen LogP contribution in [0.5, 0.6) is 0 Å². The van der Waals surface area contributed by atoms with Gasteiger partial charge in [0.1, 0.15) is 11.4 Å².